The molecule has 2 atom stereocenters. The van der Waals surface area contributed by atoms with Gasteiger partial charge in [-0.1, -0.05) is 18.2 Å². The van der Waals surface area contributed by atoms with Crippen LogP contribution in [-0.4, -0.2) is 24.8 Å². The van der Waals surface area contributed by atoms with Crippen molar-refractivity contribution in [1.29, 1.82) is 0 Å². The number of benzene rings is 1. The number of anilines is 1. The average Bonchev–Trinajstić information content (AvgIpc) is 2.25. The van der Waals surface area contributed by atoms with Crippen LogP contribution >= 0.6 is 0 Å². The van der Waals surface area contributed by atoms with E-state index in [1.165, 1.54) is 0 Å². The fourth-order valence-corrected chi connectivity index (χ4v) is 1.72. The zero-order valence-corrected chi connectivity index (χ0v) is 10.4. The number of aliphatic hydroxyl groups is 1. The molecule has 0 bridgehead atoms. The van der Waals surface area contributed by atoms with Crippen LogP contribution in [0.15, 0.2) is 24.3 Å². The third-order valence-corrected chi connectivity index (χ3v) is 2.72. The van der Waals surface area contributed by atoms with E-state index in [-0.39, 0.29) is 12.1 Å². The zero-order valence-electron chi connectivity index (χ0n) is 10.4. The number of rotatable bonds is 5. The summed E-state index contributed by atoms with van der Waals surface area (Å²) in [4.78, 5) is 2.14. The van der Waals surface area contributed by atoms with Crippen LogP contribution in [0.1, 0.15) is 31.9 Å². The molecule has 3 N–H and O–H groups in total. The molecule has 0 amide bonds. The van der Waals surface area contributed by atoms with Crippen LogP contribution in [0.3, 0.4) is 0 Å². The maximum absolute atomic E-state index is 9.28. The lowest BCUT2D eigenvalue weighted by molar-refractivity contribution is 0.187. The maximum atomic E-state index is 9.28. The van der Waals surface area contributed by atoms with Gasteiger partial charge in [-0.2, -0.15) is 0 Å². The van der Waals surface area contributed by atoms with Crippen LogP contribution in [0.5, 0.6) is 0 Å². The maximum Gasteiger partial charge on any atom is 0.0528 e. The highest BCUT2D eigenvalue weighted by atomic mass is 16.3. The molecule has 0 aliphatic carbocycles. The number of aliphatic hydroxyl groups excluding tert-OH is 1. The molecule has 1 rings (SSSR count). The van der Waals surface area contributed by atoms with E-state index in [9.17, 15) is 5.11 Å². The quantitative estimate of drug-likeness (QED) is 0.800. The number of nitrogens with two attached hydrogens (primary N) is 1. The summed E-state index contributed by atoms with van der Waals surface area (Å²) in [7, 11) is 2.03. The van der Waals surface area contributed by atoms with E-state index in [1.807, 2.05) is 33.0 Å². The highest BCUT2D eigenvalue weighted by molar-refractivity contribution is 5.54. The first-order valence-electron chi connectivity index (χ1n) is 5.76. The SMILES string of the molecule is CC(O)CCN(C)c1ccccc1[C@H](C)N. The van der Waals surface area contributed by atoms with Crippen molar-refractivity contribution in [2.45, 2.75) is 32.4 Å². The molecule has 0 aliphatic heterocycles. The summed E-state index contributed by atoms with van der Waals surface area (Å²) >= 11 is 0. The van der Waals surface area contributed by atoms with Crippen molar-refractivity contribution in [1.82, 2.24) is 0 Å². The highest BCUT2D eigenvalue weighted by Crippen LogP contribution is 2.24. The molecule has 16 heavy (non-hydrogen) atoms. The van der Waals surface area contributed by atoms with Crippen LogP contribution in [0.4, 0.5) is 5.69 Å². The van der Waals surface area contributed by atoms with Gasteiger partial charge in [-0.05, 0) is 31.9 Å². The van der Waals surface area contributed by atoms with Gasteiger partial charge in [0.15, 0.2) is 0 Å². The first kappa shape index (κ1) is 13.0. The van der Waals surface area contributed by atoms with Gasteiger partial charge in [-0.15, -0.1) is 0 Å². The van der Waals surface area contributed by atoms with Gasteiger partial charge in [0.1, 0.15) is 0 Å². The summed E-state index contributed by atoms with van der Waals surface area (Å²) in [5, 5.41) is 9.28. The van der Waals surface area contributed by atoms with E-state index in [0.29, 0.717) is 0 Å². The van der Waals surface area contributed by atoms with E-state index < -0.39 is 0 Å². The minimum Gasteiger partial charge on any atom is -0.393 e. The zero-order chi connectivity index (χ0) is 12.1. The van der Waals surface area contributed by atoms with Crippen molar-refractivity contribution in [2.24, 2.45) is 5.73 Å². The van der Waals surface area contributed by atoms with Crippen LogP contribution in [0, 0.1) is 0 Å². The van der Waals surface area contributed by atoms with E-state index in [2.05, 4.69) is 17.0 Å². The lowest BCUT2D eigenvalue weighted by Crippen LogP contribution is -2.24. The molecule has 0 radical (unpaired) electrons. The summed E-state index contributed by atoms with van der Waals surface area (Å²) < 4.78 is 0. The summed E-state index contributed by atoms with van der Waals surface area (Å²) in [6.45, 7) is 4.63. The van der Waals surface area contributed by atoms with Crippen molar-refractivity contribution in [3.63, 3.8) is 0 Å². The Bertz CT molecular complexity index is 323. The molecule has 1 unspecified atom stereocenters. The molecular formula is C13H22N2O. The largest absolute Gasteiger partial charge is 0.393 e. The fourth-order valence-electron chi connectivity index (χ4n) is 1.72. The second kappa shape index (κ2) is 5.87. The van der Waals surface area contributed by atoms with Gasteiger partial charge >= 0.3 is 0 Å². The number of nitrogens with zero attached hydrogens (tertiary/aromatic N) is 1. The molecule has 3 heteroatoms. The number of hydrogen-bond donors (Lipinski definition) is 2. The van der Waals surface area contributed by atoms with Gasteiger partial charge in [0, 0.05) is 25.3 Å². The minimum absolute atomic E-state index is 0.0326. The number of para-hydroxylation sites is 1. The van der Waals surface area contributed by atoms with Gasteiger partial charge in [-0.25, -0.2) is 0 Å². The lowest BCUT2D eigenvalue weighted by Gasteiger charge is -2.24. The monoisotopic (exact) mass is 222 g/mol. The smallest absolute Gasteiger partial charge is 0.0528 e. The van der Waals surface area contributed by atoms with Crippen LogP contribution < -0.4 is 10.6 Å². The van der Waals surface area contributed by atoms with Crippen molar-refractivity contribution in [3.8, 4) is 0 Å². The van der Waals surface area contributed by atoms with Crippen LogP contribution in [-0.2, 0) is 0 Å². The van der Waals surface area contributed by atoms with Crippen molar-refractivity contribution < 1.29 is 5.11 Å². The molecule has 0 aliphatic rings. The second-order valence-electron chi connectivity index (χ2n) is 4.41. The van der Waals surface area contributed by atoms with Gasteiger partial charge in [-0.3, -0.25) is 0 Å². The Morgan fingerprint density at radius 2 is 1.94 bits per heavy atom. The van der Waals surface area contributed by atoms with Crippen molar-refractivity contribution in [2.75, 3.05) is 18.5 Å². The predicted octanol–water partition coefficient (Wildman–Crippen LogP) is 1.91. The lowest BCUT2D eigenvalue weighted by atomic mass is 10.1. The standard InChI is InChI=1S/C13H22N2O/c1-10(16)8-9-15(3)13-7-5-4-6-12(13)11(2)14/h4-7,10-11,16H,8-9,14H2,1-3H3/t10?,11-/m0/s1. The molecule has 0 aromatic heterocycles. The van der Waals surface area contributed by atoms with Crippen molar-refractivity contribution in [3.05, 3.63) is 29.8 Å². The molecule has 0 fully saturated rings. The summed E-state index contributed by atoms with van der Waals surface area (Å²) in [6, 6.07) is 8.18. The third kappa shape index (κ3) is 3.51. The normalized spacial score (nSPS) is 14.6. The Balaban J connectivity index is 2.77. The molecule has 0 spiro atoms. The summed E-state index contributed by atoms with van der Waals surface area (Å²) in [5.41, 5.74) is 8.23. The van der Waals surface area contributed by atoms with E-state index in [0.717, 1.165) is 24.2 Å². The molecule has 1 aromatic carbocycles. The fraction of sp³-hybridized carbons (Fsp3) is 0.538. The van der Waals surface area contributed by atoms with E-state index in [4.69, 9.17) is 5.73 Å². The summed E-state index contributed by atoms with van der Waals surface area (Å²) in [5.74, 6) is 0. The second-order valence-corrected chi connectivity index (χ2v) is 4.41. The number of hydrogen-bond acceptors (Lipinski definition) is 3. The minimum atomic E-state index is -0.259. The van der Waals surface area contributed by atoms with Crippen LogP contribution in [0.25, 0.3) is 0 Å². The van der Waals surface area contributed by atoms with E-state index >= 15 is 0 Å². The average molecular weight is 222 g/mol. The van der Waals surface area contributed by atoms with Crippen LogP contribution in [0.2, 0.25) is 0 Å². The molecule has 1 aromatic rings. The Morgan fingerprint density at radius 3 is 2.50 bits per heavy atom. The molecule has 0 heterocycles. The summed E-state index contributed by atoms with van der Waals surface area (Å²) in [6.07, 6.45) is 0.508. The van der Waals surface area contributed by atoms with Gasteiger partial charge in [0.2, 0.25) is 0 Å². The molecule has 3 nitrogen and oxygen atoms in total. The Labute approximate surface area is 97.9 Å². The Morgan fingerprint density at radius 1 is 1.31 bits per heavy atom. The van der Waals surface area contributed by atoms with Gasteiger partial charge < -0.3 is 15.7 Å². The first-order chi connectivity index (χ1) is 7.52. The van der Waals surface area contributed by atoms with Crippen molar-refractivity contribution >= 4 is 5.69 Å². The Kier molecular flexibility index (Phi) is 4.77. The predicted molar refractivity (Wildman–Crippen MR) is 68.6 cm³/mol. The topological polar surface area (TPSA) is 49.5 Å². The highest BCUT2D eigenvalue weighted by Gasteiger charge is 2.10. The first-order valence-corrected chi connectivity index (χ1v) is 5.76. The van der Waals surface area contributed by atoms with Gasteiger partial charge in [0.25, 0.3) is 0 Å². The molecule has 90 valence electrons. The van der Waals surface area contributed by atoms with E-state index in [1.54, 1.807) is 0 Å². The third-order valence-electron chi connectivity index (χ3n) is 2.72. The molecule has 0 saturated heterocycles. The van der Waals surface area contributed by atoms with Gasteiger partial charge in [0.05, 0.1) is 6.10 Å². The molecular weight excluding hydrogens is 200 g/mol. The molecule has 0 saturated carbocycles. The Hall–Kier alpha value is -1.06.